The summed E-state index contributed by atoms with van der Waals surface area (Å²) in [5.74, 6) is -1.56. The van der Waals surface area contributed by atoms with Gasteiger partial charge < -0.3 is 20.4 Å². The molecule has 0 amide bonds. The van der Waals surface area contributed by atoms with Gasteiger partial charge in [0.05, 0.1) is 6.61 Å². The van der Waals surface area contributed by atoms with Crippen molar-refractivity contribution < 1.29 is 25.2 Å². The topological polar surface area (TPSA) is 98.0 Å². The Balaban J connectivity index is 4.23. The summed E-state index contributed by atoms with van der Waals surface area (Å²) >= 11 is 0. The van der Waals surface area contributed by atoms with E-state index in [-0.39, 0.29) is 0 Å². The molecule has 0 aliphatic heterocycles. The first-order valence-electron chi connectivity index (χ1n) is 2.67. The highest BCUT2D eigenvalue weighted by Crippen LogP contribution is 2.08. The zero-order valence-corrected chi connectivity index (χ0v) is 5.48. The number of carboxylic acid groups (broad SMARTS) is 1. The summed E-state index contributed by atoms with van der Waals surface area (Å²) < 4.78 is 0. The lowest BCUT2D eigenvalue weighted by atomic mass is 10.0. The fraction of sp³-hybridized carbons (Fsp3) is 0.800. The summed E-state index contributed by atoms with van der Waals surface area (Å²) in [5, 5.41) is 34.0. The molecule has 0 saturated carbocycles. The van der Waals surface area contributed by atoms with Crippen molar-refractivity contribution in [1.29, 1.82) is 0 Å². The largest absolute Gasteiger partial charge is 0.479 e. The van der Waals surface area contributed by atoms with Crippen molar-refractivity contribution >= 4 is 5.97 Å². The number of aliphatic hydroxyl groups excluding tert-OH is 2. The lowest BCUT2D eigenvalue weighted by molar-refractivity contribution is -0.171. The van der Waals surface area contributed by atoms with Crippen molar-refractivity contribution in [3.05, 3.63) is 0 Å². The molecule has 0 saturated heterocycles. The number of rotatable bonds is 3. The van der Waals surface area contributed by atoms with Gasteiger partial charge in [0, 0.05) is 0 Å². The van der Waals surface area contributed by atoms with E-state index in [1.165, 1.54) is 0 Å². The van der Waals surface area contributed by atoms with Crippen LogP contribution in [0.3, 0.4) is 0 Å². The molecule has 0 aromatic carbocycles. The van der Waals surface area contributed by atoms with Gasteiger partial charge in [0.15, 0.2) is 5.60 Å². The highest BCUT2D eigenvalue weighted by Gasteiger charge is 2.37. The Labute approximate surface area is 57.5 Å². The van der Waals surface area contributed by atoms with E-state index in [4.69, 9.17) is 20.4 Å². The van der Waals surface area contributed by atoms with E-state index in [0.717, 1.165) is 6.92 Å². The zero-order valence-electron chi connectivity index (χ0n) is 5.48. The molecule has 0 rings (SSSR count). The summed E-state index contributed by atoms with van der Waals surface area (Å²) in [5.41, 5.74) is -2.27. The van der Waals surface area contributed by atoms with Gasteiger partial charge in [-0.25, -0.2) is 4.79 Å². The van der Waals surface area contributed by atoms with Crippen LogP contribution in [-0.4, -0.2) is 44.7 Å². The first-order valence-corrected chi connectivity index (χ1v) is 2.67. The lowest BCUT2D eigenvalue weighted by Gasteiger charge is -2.22. The SMILES string of the molecule is C[C@@](O)(C(=O)O)[C@H](O)CO. The summed E-state index contributed by atoms with van der Waals surface area (Å²) in [6, 6.07) is 0. The summed E-state index contributed by atoms with van der Waals surface area (Å²) in [4.78, 5) is 10.1. The molecule has 60 valence electrons. The van der Waals surface area contributed by atoms with Crippen molar-refractivity contribution in [1.82, 2.24) is 0 Å². The molecular formula is C5H10O5. The average molecular weight is 150 g/mol. The third-order valence-electron chi connectivity index (χ3n) is 1.25. The fourth-order valence-electron chi connectivity index (χ4n) is 0.320. The van der Waals surface area contributed by atoms with Crippen LogP contribution in [-0.2, 0) is 4.79 Å². The standard InChI is InChI=1S/C5H10O5/c1-5(10,4(8)9)3(7)2-6/h3,6-7,10H,2H2,1H3,(H,8,9)/t3-,5+/m1/s1. The van der Waals surface area contributed by atoms with E-state index >= 15 is 0 Å². The molecule has 0 aliphatic rings. The van der Waals surface area contributed by atoms with Crippen LogP contribution in [0.4, 0.5) is 0 Å². The van der Waals surface area contributed by atoms with Crippen LogP contribution in [0.5, 0.6) is 0 Å². The lowest BCUT2D eigenvalue weighted by Crippen LogP contribution is -2.48. The Morgan fingerprint density at radius 1 is 1.70 bits per heavy atom. The van der Waals surface area contributed by atoms with Crippen molar-refractivity contribution in [3.63, 3.8) is 0 Å². The average Bonchev–Trinajstić information content (AvgIpc) is 1.86. The second-order valence-corrected chi connectivity index (χ2v) is 2.15. The highest BCUT2D eigenvalue weighted by atomic mass is 16.4. The van der Waals surface area contributed by atoms with E-state index in [1.54, 1.807) is 0 Å². The molecule has 5 heteroatoms. The molecular weight excluding hydrogens is 140 g/mol. The van der Waals surface area contributed by atoms with Gasteiger partial charge in [0.1, 0.15) is 6.10 Å². The second kappa shape index (κ2) is 2.96. The van der Waals surface area contributed by atoms with Gasteiger partial charge in [-0.3, -0.25) is 0 Å². The van der Waals surface area contributed by atoms with Crippen LogP contribution in [0.2, 0.25) is 0 Å². The minimum absolute atomic E-state index is 0.778. The molecule has 0 bridgehead atoms. The molecule has 0 heterocycles. The third kappa shape index (κ3) is 1.66. The maximum Gasteiger partial charge on any atom is 0.338 e. The molecule has 0 aliphatic carbocycles. The van der Waals surface area contributed by atoms with Crippen LogP contribution < -0.4 is 0 Å². The van der Waals surface area contributed by atoms with Crippen LogP contribution in [0.15, 0.2) is 0 Å². The van der Waals surface area contributed by atoms with Crippen molar-refractivity contribution in [3.8, 4) is 0 Å². The molecule has 0 spiro atoms. The monoisotopic (exact) mass is 150 g/mol. The van der Waals surface area contributed by atoms with Gasteiger partial charge in [0.25, 0.3) is 0 Å². The Kier molecular flexibility index (Phi) is 2.77. The zero-order chi connectivity index (χ0) is 8.36. The molecule has 0 radical (unpaired) electrons. The van der Waals surface area contributed by atoms with Crippen molar-refractivity contribution in [2.75, 3.05) is 6.61 Å². The molecule has 10 heavy (non-hydrogen) atoms. The van der Waals surface area contributed by atoms with Gasteiger partial charge in [-0.15, -0.1) is 0 Å². The third-order valence-corrected chi connectivity index (χ3v) is 1.25. The van der Waals surface area contributed by atoms with E-state index in [1.807, 2.05) is 0 Å². The van der Waals surface area contributed by atoms with E-state index < -0.39 is 24.3 Å². The highest BCUT2D eigenvalue weighted by molar-refractivity contribution is 5.77. The predicted molar refractivity (Wildman–Crippen MR) is 31.4 cm³/mol. The molecule has 0 unspecified atom stereocenters. The first kappa shape index (κ1) is 9.35. The molecule has 0 fully saturated rings. The van der Waals surface area contributed by atoms with Crippen molar-refractivity contribution in [2.24, 2.45) is 0 Å². The summed E-state index contributed by atoms with van der Waals surface area (Å²) in [7, 11) is 0. The van der Waals surface area contributed by atoms with Gasteiger partial charge in [-0.1, -0.05) is 0 Å². The molecule has 2 atom stereocenters. The van der Waals surface area contributed by atoms with E-state index in [9.17, 15) is 4.79 Å². The Hall–Kier alpha value is -0.650. The molecule has 4 N–H and O–H groups in total. The number of aliphatic hydroxyl groups is 3. The second-order valence-electron chi connectivity index (χ2n) is 2.15. The molecule has 5 nitrogen and oxygen atoms in total. The maximum absolute atomic E-state index is 10.1. The normalized spacial score (nSPS) is 19.6. The van der Waals surface area contributed by atoms with Crippen molar-refractivity contribution in [2.45, 2.75) is 18.6 Å². The van der Waals surface area contributed by atoms with Gasteiger partial charge in [-0.2, -0.15) is 0 Å². The van der Waals surface area contributed by atoms with Crippen LogP contribution in [0.1, 0.15) is 6.92 Å². The smallest absolute Gasteiger partial charge is 0.338 e. The molecule has 0 aromatic heterocycles. The Morgan fingerprint density at radius 2 is 2.10 bits per heavy atom. The number of carboxylic acids is 1. The van der Waals surface area contributed by atoms with Crippen LogP contribution in [0.25, 0.3) is 0 Å². The number of aliphatic carboxylic acids is 1. The minimum atomic E-state index is -2.27. The number of hydrogen-bond donors (Lipinski definition) is 4. The Bertz CT molecular complexity index is 130. The van der Waals surface area contributed by atoms with E-state index in [0.29, 0.717) is 0 Å². The minimum Gasteiger partial charge on any atom is -0.479 e. The fourth-order valence-corrected chi connectivity index (χ4v) is 0.320. The van der Waals surface area contributed by atoms with Gasteiger partial charge >= 0.3 is 5.97 Å². The van der Waals surface area contributed by atoms with Gasteiger partial charge in [0.2, 0.25) is 0 Å². The van der Waals surface area contributed by atoms with E-state index in [2.05, 4.69) is 0 Å². The summed E-state index contributed by atoms with van der Waals surface area (Å²) in [6.45, 7) is 0.134. The number of carbonyl (C=O) groups is 1. The predicted octanol–water partition coefficient (Wildman–Crippen LogP) is -1.82. The van der Waals surface area contributed by atoms with Crippen LogP contribution >= 0.6 is 0 Å². The number of hydrogen-bond acceptors (Lipinski definition) is 4. The Morgan fingerprint density at radius 3 is 2.20 bits per heavy atom. The summed E-state index contributed by atoms with van der Waals surface area (Å²) in [6.07, 6.45) is -1.65. The molecule has 0 aromatic rings. The quantitative estimate of drug-likeness (QED) is 0.379. The maximum atomic E-state index is 10.1. The van der Waals surface area contributed by atoms with Gasteiger partial charge in [-0.05, 0) is 6.92 Å². The first-order chi connectivity index (χ1) is 4.42. The van der Waals surface area contributed by atoms with Crippen LogP contribution in [0, 0.1) is 0 Å².